The number of carbonyl (C=O) groups excluding carboxylic acids is 1. The van der Waals surface area contributed by atoms with Crippen molar-refractivity contribution in [1.29, 1.82) is 0 Å². The Bertz CT molecular complexity index is 603. The third-order valence-corrected chi connectivity index (χ3v) is 3.68. The number of hydrogen-bond donors (Lipinski definition) is 4. The molecule has 0 radical (unpaired) electrons. The van der Waals surface area contributed by atoms with E-state index in [0.717, 1.165) is 16.9 Å². The predicted molar refractivity (Wildman–Crippen MR) is 86.5 cm³/mol. The number of nitrogens with zero attached hydrogens (tertiary/aromatic N) is 1. The second-order valence-corrected chi connectivity index (χ2v) is 6.33. The lowest BCUT2D eigenvalue weighted by Crippen LogP contribution is -2.42. The van der Waals surface area contributed by atoms with Gasteiger partial charge in [0, 0.05) is 13.2 Å². The molecule has 0 fully saturated rings. The number of aliphatic hydroxyl groups excluding tert-OH is 1. The van der Waals surface area contributed by atoms with E-state index in [1.165, 1.54) is 0 Å². The van der Waals surface area contributed by atoms with Gasteiger partial charge in [-0.15, -0.1) is 0 Å². The minimum absolute atomic E-state index is 0.117. The molecule has 0 saturated carbocycles. The molecule has 4 N–H and O–H groups in total. The quantitative estimate of drug-likeness (QED) is 0.660. The van der Waals surface area contributed by atoms with Crippen molar-refractivity contribution in [2.24, 2.45) is 5.41 Å². The molecule has 1 heterocycles. The maximum absolute atomic E-state index is 12.0. The van der Waals surface area contributed by atoms with Crippen molar-refractivity contribution in [3.05, 3.63) is 30.1 Å². The number of carbonyl (C=O) groups is 1. The van der Waals surface area contributed by atoms with E-state index in [1.54, 1.807) is 0 Å². The number of urea groups is 1. The smallest absolute Gasteiger partial charge is 0.315 e. The Kier molecular flexibility index (Phi) is 5.03. The number of rotatable bonds is 6. The number of benzene rings is 1. The molecule has 0 saturated heterocycles. The summed E-state index contributed by atoms with van der Waals surface area (Å²) in [4.78, 5) is 19.6. The highest BCUT2D eigenvalue weighted by Gasteiger charge is 2.19. The summed E-state index contributed by atoms with van der Waals surface area (Å²) in [5.41, 5.74) is 1.71. The van der Waals surface area contributed by atoms with Crippen molar-refractivity contribution >= 4 is 17.1 Å². The first-order valence-electron chi connectivity index (χ1n) is 7.51. The van der Waals surface area contributed by atoms with E-state index in [0.29, 0.717) is 13.0 Å². The van der Waals surface area contributed by atoms with E-state index >= 15 is 0 Å². The number of aromatic nitrogens is 2. The SMILES string of the molecule is CC(NC(=O)NCC(C)(C)CCO)c1nc2ccccc2[nH]1. The fourth-order valence-electron chi connectivity index (χ4n) is 2.20. The van der Waals surface area contributed by atoms with Crippen LogP contribution in [-0.2, 0) is 0 Å². The molecule has 6 nitrogen and oxygen atoms in total. The van der Waals surface area contributed by atoms with E-state index in [-0.39, 0.29) is 24.1 Å². The van der Waals surface area contributed by atoms with Crippen LogP contribution >= 0.6 is 0 Å². The number of amides is 2. The standard InChI is InChI=1S/C16H24N4O2/c1-11(14-19-12-6-4-5-7-13(12)20-14)18-15(22)17-10-16(2,3)8-9-21/h4-7,11,21H,8-10H2,1-3H3,(H,19,20)(H2,17,18,22). The molecule has 2 amide bonds. The molecule has 1 atom stereocenters. The summed E-state index contributed by atoms with van der Waals surface area (Å²) in [5.74, 6) is 0.728. The van der Waals surface area contributed by atoms with E-state index < -0.39 is 0 Å². The Morgan fingerprint density at radius 1 is 1.41 bits per heavy atom. The lowest BCUT2D eigenvalue weighted by atomic mass is 9.90. The summed E-state index contributed by atoms with van der Waals surface area (Å²) < 4.78 is 0. The maximum atomic E-state index is 12.0. The van der Waals surface area contributed by atoms with Crippen molar-refractivity contribution < 1.29 is 9.90 Å². The molecule has 1 aromatic carbocycles. The predicted octanol–water partition coefficient (Wildman–Crippen LogP) is 2.33. The number of para-hydroxylation sites is 2. The van der Waals surface area contributed by atoms with Gasteiger partial charge in [0.1, 0.15) is 5.82 Å². The number of imidazole rings is 1. The van der Waals surface area contributed by atoms with Crippen LogP contribution < -0.4 is 10.6 Å². The fraction of sp³-hybridized carbons (Fsp3) is 0.500. The van der Waals surface area contributed by atoms with Crippen molar-refractivity contribution in [3.63, 3.8) is 0 Å². The van der Waals surface area contributed by atoms with Gasteiger partial charge in [-0.1, -0.05) is 26.0 Å². The molecule has 2 rings (SSSR count). The number of H-pyrrole nitrogens is 1. The van der Waals surface area contributed by atoms with Crippen LogP contribution in [0.15, 0.2) is 24.3 Å². The van der Waals surface area contributed by atoms with Gasteiger partial charge in [0.2, 0.25) is 0 Å². The minimum atomic E-state index is -0.237. The normalized spacial score (nSPS) is 13.1. The lowest BCUT2D eigenvalue weighted by molar-refractivity contribution is 0.200. The Hall–Kier alpha value is -2.08. The van der Waals surface area contributed by atoms with Crippen molar-refractivity contribution in [2.75, 3.05) is 13.2 Å². The second kappa shape index (κ2) is 6.79. The van der Waals surface area contributed by atoms with E-state index in [4.69, 9.17) is 5.11 Å². The van der Waals surface area contributed by atoms with Crippen LogP contribution in [0.3, 0.4) is 0 Å². The van der Waals surface area contributed by atoms with Gasteiger partial charge in [-0.25, -0.2) is 9.78 Å². The van der Waals surface area contributed by atoms with Crippen molar-refractivity contribution in [3.8, 4) is 0 Å². The minimum Gasteiger partial charge on any atom is -0.396 e. The first-order chi connectivity index (χ1) is 10.4. The Morgan fingerprint density at radius 3 is 2.82 bits per heavy atom. The first-order valence-corrected chi connectivity index (χ1v) is 7.51. The number of nitrogens with one attached hydrogen (secondary N) is 3. The van der Waals surface area contributed by atoms with Crippen LogP contribution in [0.2, 0.25) is 0 Å². The molecule has 1 aromatic heterocycles. The summed E-state index contributed by atoms with van der Waals surface area (Å²) in [7, 11) is 0. The molecule has 120 valence electrons. The van der Waals surface area contributed by atoms with Crippen molar-refractivity contribution in [2.45, 2.75) is 33.2 Å². The van der Waals surface area contributed by atoms with Gasteiger partial charge < -0.3 is 20.7 Å². The molecule has 6 heteroatoms. The van der Waals surface area contributed by atoms with Crippen LogP contribution in [0, 0.1) is 5.41 Å². The van der Waals surface area contributed by atoms with Gasteiger partial charge >= 0.3 is 6.03 Å². The third kappa shape index (κ3) is 4.21. The molecule has 0 aliphatic heterocycles. The summed E-state index contributed by atoms with van der Waals surface area (Å²) in [6.45, 7) is 6.52. The third-order valence-electron chi connectivity index (χ3n) is 3.68. The van der Waals surface area contributed by atoms with Crippen LogP contribution in [0.1, 0.15) is 39.1 Å². The highest BCUT2D eigenvalue weighted by atomic mass is 16.3. The van der Waals surface area contributed by atoms with Crippen LogP contribution in [-0.4, -0.2) is 34.3 Å². The average molecular weight is 304 g/mol. The van der Waals surface area contributed by atoms with Gasteiger partial charge in [0.05, 0.1) is 17.1 Å². The summed E-state index contributed by atoms with van der Waals surface area (Å²) in [6, 6.07) is 7.31. The average Bonchev–Trinajstić information content (AvgIpc) is 2.89. The molecule has 22 heavy (non-hydrogen) atoms. The molecule has 0 spiro atoms. The molecule has 0 aliphatic carbocycles. The summed E-state index contributed by atoms with van der Waals surface area (Å²) >= 11 is 0. The lowest BCUT2D eigenvalue weighted by Gasteiger charge is -2.24. The van der Waals surface area contributed by atoms with Gasteiger partial charge in [-0.05, 0) is 30.9 Å². The number of aliphatic hydroxyl groups is 1. The molecule has 0 bridgehead atoms. The highest BCUT2D eigenvalue weighted by Crippen LogP contribution is 2.18. The van der Waals surface area contributed by atoms with Crippen LogP contribution in [0.5, 0.6) is 0 Å². The second-order valence-electron chi connectivity index (χ2n) is 6.33. The van der Waals surface area contributed by atoms with Crippen molar-refractivity contribution in [1.82, 2.24) is 20.6 Å². The monoisotopic (exact) mass is 304 g/mol. The van der Waals surface area contributed by atoms with Gasteiger partial charge in [0.25, 0.3) is 0 Å². The molecule has 2 aromatic rings. The molecule has 0 aliphatic rings. The molecular weight excluding hydrogens is 280 g/mol. The Labute approximate surface area is 130 Å². The number of fused-ring (bicyclic) bond motifs is 1. The van der Waals surface area contributed by atoms with Gasteiger partial charge in [-0.3, -0.25) is 0 Å². The maximum Gasteiger partial charge on any atom is 0.315 e. The largest absolute Gasteiger partial charge is 0.396 e. The van der Waals surface area contributed by atoms with Gasteiger partial charge in [-0.2, -0.15) is 0 Å². The molecule has 1 unspecified atom stereocenters. The first kappa shape index (κ1) is 16.3. The zero-order valence-corrected chi connectivity index (χ0v) is 13.3. The van der Waals surface area contributed by atoms with Crippen LogP contribution in [0.4, 0.5) is 4.79 Å². The van der Waals surface area contributed by atoms with E-state index in [2.05, 4.69) is 20.6 Å². The van der Waals surface area contributed by atoms with E-state index in [1.807, 2.05) is 45.0 Å². The summed E-state index contributed by atoms with van der Waals surface area (Å²) in [6.07, 6.45) is 0.645. The van der Waals surface area contributed by atoms with E-state index in [9.17, 15) is 4.79 Å². The number of aromatic amines is 1. The summed E-state index contributed by atoms with van der Waals surface area (Å²) in [5, 5.41) is 14.7. The number of hydrogen-bond acceptors (Lipinski definition) is 3. The topological polar surface area (TPSA) is 90.0 Å². The Morgan fingerprint density at radius 2 is 2.14 bits per heavy atom. The molecular formula is C16H24N4O2. The zero-order valence-electron chi connectivity index (χ0n) is 13.3. The van der Waals surface area contributed by atoms with Crippen LogP contribution in [0.25, 0.3) is 11.0 Å². The Balaban J connectivity index is 1.91. The zero-order chi connectivity index (χ0) is 16.2. The highest BCUT2D eigenvalue weighted by molar-refractivity contribution is 5.76. The van der Waals surface area contributed by atoms with Gasteiger partial charge in [0.15, 0.2) is 0 Å². The fourth-order valence-corrected chi connectivity index (χ4v) is 2.20.